The summed E-state index contributed by atoms with van der Waals surface area (Å²) in [5, 5.41) is 13.9. The zero-order valence-electron chi connectivity index (χ0n) is 20.0. The third-order valence-corrected chi connectivity index (χ3v) is 6.03. The van der Waals surface area contributed by atoms with Crippen molar-refractivity contribution in [1.82, 2.24) is 0 Å². The number of aliphatic hydroxyl groups excluding tert-OH is 1. The lowest BCUT2D eigenvalue weighted by Crippen LogP contribution is -2.29. The van der Waals surface area contributed by atoms with Crippen molar-refractivity contribution in [3.05, 3.63) is 94.8 Å². The Morgan fingerprint density at radius 1 is 1.06 bits per heavy atom. The predicted octanol–water partition coefficient (Wildman–Crippen LogP) is 4.98. The van der Waals surface area contributed by atoms with Crippen molar-refractivity contribution in [2.75, 3.05) is 17.3 Å². The van der Waals surface area contributed by atoms with Crippen molar-refractivity contribution < 1.29 is 28.6 Å². The molecule has 1 aliphatic heterocycles. The number of aliphatic hydroxyl groups is 1. The summed E-state index contributed by atoms with van der Waals surface area (Å²) in [5.41, 5.74) is 2.35. The zero-order valence-corrected chi connectivity index (χ0v) is 20.0. The zero-order chi connectivity index (χ0) is 26.0. The van der Waals surface area contributed by atoms with Crippen LogP contribution in [0.1, 0.15) is 36.6 Å². The van der Waals surface area contributed by atoms with E-state index in [9.17, 15) is 23.9 Å². The maximum absolute atomic E-state index is 14.1. The van der Waals surface area contributed by atoms with Gasteiger partial charge in [0.05, 0.1) is 24.3 Å². The Morgan fingerprint density at radius 2 is 1.72 bits per heavy atom. The van der Waals surface area contributed by atoms with Crippen molar-refractivity contribution in [3.8, 4) is 5.75 Å². The highest BCUT2D eigenvalue weighted by Crippen LogP contribution is 2.43. The Kier molecular flexibility index (Phi) is 6.87. The second-order valence-electron chi connectivity index (χ2n) is 8.34. The summed E-state index contributed by atoms with van der Waals surface area (Å²) in [4.78, 5) is 39.3. The number of carbonyl (C=O) groups excluding carboxylic acids is 3. The number of Topliss-reactive ketones (excluding diaryl/α,β-unsaturated/α-hetero) is 1. The molecule has 2 amide bonds. The Hall–Kier alpha value is -4.46. The number of methoxy groups -OCH3 is 1. The third kappa shape index (κ3) is 4.57. The van der Waals surface area contributed by atoms with E-state index in [0.717, 1.165) is 18.1 Å². The van der Waals surface area contributed by atoms with Gasteiger partial charge in [0.15, 0.2) is 0 Å². The number of nitrogens with zero attached hydrogens (tertiary/aromatic N) is 1. The fourth-order valence-electron chi connectivity index (χ4n) is 4.27. The van der Waals surface area contributed by atoms with Gasteiger partial charge in [0, 0.05) is 18.3 Å². The SMILES string of the molecule is CCc1ccc(C2/C(=C(\O)c3cc(F)ccc3OC)C(=O)C(=O)N2c2ccc(NC(C)=O)cc2)cc1. The number of halogens is 1. The Labute approximate surface area is 207 Å². The Morgan fingerprint density at radius 3 is 2.31 bits per heavy atom. The van der Waals surface area contributed by atoms with E-state index in [-0.39, 0.29) is 22.8 Å². The van der Waals surface area contributed by atoms with Gasteiger partial charge in [-0.05, 0) is 60.0 Å². The summed E-state index contributed by atoms with van der Waals surface area (Å²) in [6, 6.07) is 16.4. The van der Waals surface area contributed by atoms with Gasteiger partial charge in [-0.1, -0.05) is 31.2 Å². The molecule has 0 aliphatic carbocycles. The molecular weight excluding hydrogens is 463 g/mol. The number of hydrogen-bond acceptors (Lipinski definition) is 5. The van der Waals surface area contributed by atoms with Crippen LogP contribution in [-0.4, -0.2) is 29.8 Å². The highest BCUT2D eigenvalue weighted by Gasteiger charge is 2.47. The molecule has 0 radical (unpaired) electrons. The summed E-state index contributed by atoms with van der Waals surface area (Å²) in [6.45, 7) is 3.39. The van der Waals surface area contributed by atoms with Crippen LogP contribution >= 0.6 is 0 Å². The summed E-state index contributed by atoms with van der Waals surface area (Å²) in [7, 11) is 1.36. The minimum Gasteiger partial charge on any atom is -0.507 e. The number of anilines is 2. The Bertz CT molecular complexity index is 1360. The number of ether oxygens (including phenoxy) is 1. The van der Waals surface area contributed by atoms with Crippen molar-refractivity contribution in [3.63, 3.8) is 0 Å². The molecule has 0 saturated carbocycles. The van der Waals surface area contributed by atoms with Gasteiger partial charge in [-0.25, -0.2) is 4.39 Å². The summed E-state index contributed by atoms with van der Waals surface area (Å²) < 4.78 is 19.4. The van der Waals surface area contributed by atoms with Crippen LogP contribution < -0.4 is 15.0 Å². The average molecular weight is 489 g/mol. The number of rotatable bonds is 6. The number of aryl methyl sites for hydroxylation is 1. The average Bonchev–Trinajstić information content (AvgIpc) is 3.14. The van der Waals surface area contributed by atoms with E-state index in [4.69, 9.17) is 4.74 Å². The molecule has 4 rings (SSSR count). The molecule has 1 heterocycles. The number of nitrogens with one attached hydrogen (secondary N) is 1. The van der Waals surface area contributed by atoms with Gasteiger partial charge in [-0.2, -0.15) is 0 Å². The summed E-state index contributed by atoms with van der Waals surface area (Å²) >= 11 is 0. The first-order chi connectivity index (χ1) is 17.2. The third-order valence-electron chi connectivity index (χ3n) is 6.03. The second kappa shape index (κ2) is 10.0. The minimum atomic E-state index is -0.976. The van der Waals surface area contributed by atoms with E-state index in [1.165, 1.54) is 31.1 Å². The van der Waals surface area contributed by atoms with Crippen LogP contribution in [0.25, 0.3) is 5.76 Å². The van der Waals surface area contributed by atoms with Crippen LogP contribution in [0.2, 0.25) is 0 Å². The van der Waals surface area contributed by atoms with Crippen molar-refractivity contribution in [1.29, 1.82) is 0 Å². The molecule has 1 unspecified atom stereocenters. The first-order valence-corrected chi connectivity index (χ1v) is 11.4. The van der Waals surface area contributed by atoms with Gasteiger partial charge >= 0.3 is 0 Å². The van der Waals surface area contributed by atoms with Crippen LogP contribution in [-0.2, 0) is 20.8 Å². The largest absolute Gasteiger partial charge is 0.507 e. The standard InChI is InChI=1S/C28H25FN2O5/c1-4-17-5-7-18(8-6-17)25-24(26(33)22-15-19(29)9-14-23(22)36-3)27(34)28(35)31(25)21-12-10-20(11-13-21)30-16(2)32/h5-15,25,33H,4H2,1-3H3,(H,30,32)/b26-24+. The van der Waals surface area contributed by atoms with Crippen molar-refractivity contribution in [2.45, 2.75) is 26.3 Å². The van der Waals surface area contributed by atoms with Gasteiger partial charge in [0.25, 0.3) is 11.7 Å². The molecule has 36 heavy (non-hydrogen) atoms. The monoisotopic (exact) mass is 488 g/mol. The van der Waals surface area contributed by atoms with Crippen LogP contribution in [0, 0.1) is 5.82 Å². The van der Waals surface area contributed by atoms with Crippen LogP contribution in [0.4, 0.5) is 15.8 Å². The number of amides is 2. The molecule has 8 heteroatoms. The van der Waals surface area contributed by atoms with Crippen LogP contribution in [0.15, 0.2) is 72.3 Å². The summed E-state index contributed by atoms with van der Waals surface area (Å²) in [6.07, 6.45) is 0.797. The molecule has 3 aromatic rings. The number of hydrogen-bond donors (Lipinski definition) is 2. The molecule has 0 aromatic heterocycles. The fraction of sp³-hybridized carbons (Fsp3) is 0.179. The molecule has 3 aromatic carbocycles. The molecule has 1 saturated heterocycles. The van der Waals surface area contributed by atoms with E-state index in [1.807, 2.05) is 19.1 Å². The lowest BCUT2D eigenvalue weighted by Gasteiger charge is -2.26. The molecule has 7 nitrogen and oxygen atoms in total. The number of ketones is 1. The lowest BCUT2D eigenvalue weighted by molar-refractivity contribution is -0.132. The molecule has 184 valence electrons. The number of carbonyl (C=O) groups is 3. The molecule has 1 atom stereocenters. The minimum absolute atomic E-state index is 0.0355. The predicted molar refractivity (Wildman–Crippen MR) is 134 cm³/mol. The summed E-state index contributed by atoms with van der Waals surface area (Å²) in [5.74, 6) is -3.02. The molecule has 0 bridgehead atoms. The van der Waals surface area contributed by atoms with Gasteiger partial charge in [-0.3, -0.25) is 19.3 Å². The van der Waals surface area contributed by atoms with E-state index < -0.39 is 29.3 Å². The smallest absolute Gasteiger partial charge is 0.300 e. The highest BCUT2D eigenvalue weighted by atomic mass is 19.1. The molecule has 1 aliphatic rings. The van der Waals surface area contributed by atoms with E-state index >= 15 is 0 Å². The molecule has 0 spiro atoms. The van der Waals surface area contributed by atoms with Crippen molar-refractivity contribution >= 4 is 34.7 Å². The van der Waals surface area contributed by atoms with E-state index in [1.54, 1.807) is 36.4 Å². The molecule has 2 N–H and O–H groups in total. The molecule has 1 fully saturated rings. The molecular formula is C28H25FN2O5. The number of benzene rings is 3. The second-order valence-corrected chi connectivity index (χ2v) is 8.34. The van der Waals surface area contributed by atoms with Crippen LogP contribution in [0.3, 0.4) is 0 Å². The quantitative estimate of drug-likeness (QED) is 0.290. The first-order valence-electron chi connectivity index (χ1n) is 11.4. The van der Waals surface area contributed by atoms with Crippen LogP contribution in [0.5, 0.6) is 5.75 Å². The topological polar surface area (TPSA) is 95.9 Å². The normalized spacial score (nSPS) is 16.8. The maximum Gasteiger partial charge on any atom is 0.300 e. The van der Waals surface area contributed by atoms with Gasteiger partial charge in [0.2, 0.25) is 5.91 Å². The van der Waals surface area contributed by atoms with Gasteiger partial charge < -0.3 is 15.2 Å². The van der Waals surface area contributed by atoms with E-state index in [2.05, 4.69) is 5.32 Å². The lowest BCUT2D eigenvalue weighted by atomic mass is 9.94. The highest BCUT2D eigenvalue weighted by molar-refractivity contribution is 6.51. The maximum atomic E-state index is 14.1. The van der Waals surface area contributed by atoms with Crippen molar-refractivity contribution in [2.24, 2.45) is 0 Å². The first kappa shape index (κ1) is 24.7. The van der Waals surface area contributed by atoms with Gasteiger partial charge in [0.1, 0.15) is 17.3 Å². The van der Waals surface area contributed by atoms with Gasteiger partial charge in [-0.15, -0.1) is 0 Å². The van der Waals surface area contributed by atoms with E-state index in [0.29, 0.717) is 16.9 Å². The Balaban J connectivity index is 1.91. The fourth-order valence-corrected chi connectivity index (χ4v) is 4.27.